The first kappa shape index (κ1) is 27.5. The van der Waals surface area contributed by atoms with E-state index in [0.717, 1.165) is 29.3 Å². The van der Waals surface area contributed by atoms with Crippen LogP contribution in [-0.4, -0.2) is 59.8 Å². The number of alkyl halides is 3. The molecule has 212 valence electrons. The molecular weight excluding hydrogens is 565 g/mol. The molecule has 0 bridgehead atoms. The van der Waals surface area contributed by atoms with Crippen LogP contribution in [0.25, 0.3) is 5.82 Å². The Hall–Kier alpha value is -4.08. The molecule has 0 saturated heterocycles. The largest absolute Gasteiger partial charge is 0.484 e. The van der Waals surface area contributed by atoms with Gasteiger partial charge < -0.3 is 15.4 Å². The Balaban J connectivity index is 1.55. The normalized spacial score (nSPS) is 18.3. The van der Waals surface area contributed by atoms with E-state index >= 15 is 4.39 Å². The minimum atomic E-state index is -4.61. The molecule has 1 aromatic carbocycles. The summed E-state index contributed by atoms with van der Waals surface area (Å²) in [7, 11) is -3.74. The van der Waals surface area contributed by atoms with Gasteiger partial charge in [-0.1, -0.05) is 0 Å². The van der Waals surface area contributed by atoms with E-state index in [1.807, 2.05) is 0 Å². The first-order valence-electron chi connectivity index (χ1n) is 11.7. The van der Waals surface area contributed by atoms with Crippen LogP contribution in [-0.2, 0) is 33.0 Å². The summed E-state index contributed by atoms with van der Waals surface area (Å²) in [5.74, 6) is -4.71. The predicted molar refractivity (Wildman–Crippen MR) is 129 cm³/mol. The lowest BCUT2D eigenvalue weighted by molar-refractivity contribution is -0.153. The molecule has 2 amide bonds. The number of aromatic nitrogens is 3. The molecule has 2 aromatic heterocycles. The summed E-state index contributed by atoms with van der Waals surface area (Å²) in [4.78, 5) is 29.8. The van der Waals surface area contributed by atoms with E-state index in [1.54, 1.807) is 0 Å². The summed E-state index contributed by atoms with van der Waals surface area (Å²) in [5.41, 5.74) is -0.910. The third-order valence-corrected chi connectivity index (χ3v) is 7.22. The van der Waals surface area contributed by atoms with Crippen molar-refractivity contribution < 1.29 is 44.7 Å². The fraction of sp³-hybridized carbons (Fsp3) is 0.333. The van der Waals surface area contributed by atoms with E-state index in [0.29, 0.717) is 5.56 Å². The minimum absolute atomic E-state index is 0.00300. The van der Waals surface area contributed by atoms with E-state index in [9.17, 15) is 35.6 Å². The van der Waals surface area contributed by atoms with Crippen LogP contribution in [0.4, 0.5) is 27.8 Å². The maximum atomic E-state index is 15.3. The van der Waals surface area contributed by atoms with Crippen LogP contribution in [0.1, 0.15) is 33.6 Å². The molecule has 1 spiro atoms. The molecular formula is C24H20F5N5O5S. The molecule has 10 nitrogen and oxygen atoms in total. The monoisotopic (exact) mass is 585 g/mol. The first-order valence-corrected chi connectivity index (χ1v) is 13.8. The smallest absolute Gasteiger partial charge is 0.422 e. The zero-order valence-electron chi connectivity index (χ0n) is 20.6. The lowest BCUT2D eigenvalue weighted by atomic mass is 9.82. The molecule has 3 aromatic rings. The SMILES string of the molecule is CS(=O)(=O)CC(=O)Nc1c2c(nn1-c1ccc(F)cn1)C[C@]1(CCc3cc(OCC(F)(F)F)cc(F)c31)NC2=O. The summed E-state index contributed by atoms with van der Waals surface area (Å²) >= 11 is 0. The number of benzene rings is 1. The van der Waals surface area contributed by atoms with Crippen molar-refractivity contribution in [3.05, 3.63) is 64.5 Å². The molecule has 1 aliphatic heterocycles. The molecule has 0 radical (unpaired) electrons. The number of hydrogen-bond acceptors (Lipinski definition) is 7. The zero-order chi connectivity index (χ0) is 29.0. The number of nitrogens with zero attached hydrogens (tertiary/aromatic N) is 3. The average molecular weight is 586 g/mol. The number of halogens is 5. The van der Waals surface area contributed by atoms with E-state index < -0.39 is 57.4 Å². The van der Waals surface area contributed by atoms with Crippen LogP contribution >= 0.6 is 0 Å². The van der Waals surface area contributed by atoms with E-state index in [1.165, 1.54) is 12.1 Å². The van der Waals surface area contributed by atoms with Gasteiger partial charge in [-0.3, -0.25) is 9.59 Å². The standard InChI is InChI=1S/C24H20F5N5O5S/c1-40(37,38)10-18(35)31-21-19-16(33-34(21)17-3-2-13(25)9-30-17)8-23(32-22(19)36)5-4-12-6-14(7-15(26)20(12)23)39-11-24(27,28)29/h2-3,6-7,9H,4-5,8,10-11H2,1H3,(H,31,35)(H,32,36)/t23-/m0/s1. The fourth-order valence-electron chi connectivity index (χ4n) is 5.01. The molecule has 2 aliphatic rings. The zero-order valence-corrected chi connectivity index (χ0v) is 21.4. The van der Waals surface area contributed by atoms with Gasteiger partial charge in [-0.05, 0) is 36.6 Å². The summed E-state index contributed by atoms with van der Waals surface area (Å²) < 4.78 is 95.5. The van der Waals surface area contributed by atoms with Crippen molar-refractivity contribution in [3.8, 4) is 11.6 Å². The number of nitrogens with one attached hydrogen (secondary N) is 2. The topological polar surface area (TPSA) is 132 Å². The van der Waals surface area contributed by atoms with E-state index in [-0.39, 0.29) is 53.5 Å². The van der Waals surface area contributed by atoms with Crippen molar-refractivity contribution in [1.29, 1.82) is 0 Å². The molecule has 0 saturated carbocycles. The van der Waals surface area contributed by atoms with E-state index in [4.69, 9.17) is 4.74 Å². The summed E-state index contributed by atoms with van der Waals surface area (Å²) in [6.07, 6.45) is -2.57. The molecule has 16 heteroatoms. The highest BCUT2D eigenvalue weighted by Crippen LogP contribution is 2.46. The van der Waals surface area contributed by atoms with E-state index in [2.05, 4.69) is 20.7 Å². The number of ether oxygens (including phenoxy) is 1. The van der Waals surface area contributed by atoms with Gasteiger partial charge >= 0.3 is 6.18 Å². The van der Waals surface area contributed by atoms with Crippen molar-refractivity contribution in [2.24, 2.45) is 0 Å². The van der Waals surface area contributed by atoms with Gasteiger partial charge in [0.15, 0.2) is 28.1 Å². The van der Waals surface area contributed by atoms with Gasteiger partial charge in [0.25, 0.3) is 5.91 Å². The highest BCUT2D eigenvalue weighted by Gasteiger charge is 2.48. The van der Waals surface area contributed by atoms with Gasteiger partial charge in [0, 0.05) is 24.3 Å². The second-order valence-corrected chi connectivity index (χ2v) is 11.7. The molecule has 0 fully saturated rings. The average Bonchev–Trinajstić information content (AvgIpc) is 3.35. The van der Waals surface area contributed by atoms with Crippen LogP contribution in [0.5, 0.6) is 5.75 Å². The number of carbonyl (C=O) groups is 2. The number of carbonyl (C=O) groups excluding carboxylic acids is 2. The predicted octanol–water partition coefficient (Wildman–Crippen LogP) is 2.60. The Morgan fingerprint density at radius 3 is 2.65 bits per heavy atom. The molecule has 1 aliphatic carbocycles. The third kappa shape index (κ3) is 5.35. The highest BCUT2D eigenvalue weighted by molar-refractivity contribution is 7.91. The third-order valence-electron chi connectivity index (χ3n) is 6.43. The van der Waals surface area contributed by atoms with Crippen LogP contribution in [0.2, 0.25) is 0 Å². The number of amides is 2. The maximum Gasteiger partial charge on any atom is 0.422 e. The molecule has 3 heterocycles. The van der Waals surface area contributed by atoms with Crippen molar-refractivity contribution in [2.45, 2.75) is 31.0 Å². The van der Waals surface area contributed by atoms with Crippen LogP contribution in [0.3, 0.4) is 0 Å². The summed E-state index contributed by atoms with van der Waals surface area (Å²) in [5, 5.41) is 9.50. The second-order valence-electron chi connectivity index (χ2n) is 9.59. The number of hydrogen-bond donors (Lipinski definition) is 2. The molecule has 40 heavy (non-hydrogen) atoms. The maximum absolute atomic E-state index is 15.3. The van der Waals surface area contributed by atoms with Gasteiger partial charge in [-0.25, -0.2) is 22.2 Å². The Morgan fingerprint density at radius 2 is 2.00 bits per heavy atom. The molecule has 1 atom stereocenters. The fourth-order valence-corrected chi connectivity index (χ4v) is 5.56. The molecule has 5 rings (SSSR count). The Kier molecular flexibility index (Phi) is 6.55. The summed E-state index contributed by atoms with van der Waals surface area (Å²) in [6, 6.07) is 4.39. The summed E-state index contributed by atoms with van der Waals surface area (Å²) in [6.45, 7) is -1.60. The van der Waals surface area contributed by atoms with Crippen molar-refractivity contribution in [3.63, 3.8) is 0 Å². The lowest BCUT2D eigenvalue weighted by Crippen LogP contribution is -2.50. The Morgan fingerprint density at radius 1 is 1.25 bits per heavy atom. The van der Waals surface area contributed by atoms with Gasteiger partial charge in [0.2, 0.25) is 5.91 Å². The highest BCUT2D eigenvalue weighted by atomic mass is 32.2. The number of pyridine rings is 1. The van der Waals surface area contributed by atoms with Crippen LogP contribution < -0.4 is 15.4 Å². The van der Waals surface area contributed by atoms with Crippen molar-refractivity contribution in [2.75, 3.05) is 23.9 Å². The van der Waals surface area contributed by atoms with Gasteiger partial charge in [0.1, 0.15) is 28.7 Å². The number of fused-ring (bicyclic) bond motifs is 3. The number of anilines is 1. The van der Waals surface area contributed by atoms with Crippen molar-refractivity contribution >= 4 is 27.5 Å². The van der Waals surface area contributed by atoms with Crippen LogP contribution in [0.15, 0.2) is 30.5 Å². The van der Waals surface area contributed by atoms with Gasteiger partial charge in [0.05, 0.1) is 17.4 Å². The lowest BCUT2D eigenvalue weighted by Gasteiger charge is -2.35. The quantitative estimate of drug-likeness (QED) is 0.425. The van der Waals surface area contributed by atoms with Gasteiger partial charge in [-0.15, -0.1) is 0 Å². The Bertz CT molecular complexity index is 1640. The number of aryl methyl sites for hydroxylation is 1. The Labute approximate surface area is 223 Å². The number of rotatable bonds is 6. The molecule has 0 unspecified atom stereocenters. The minimum Gasteiger partial charge on any atom is -0.484 e. The van der Waals surface area contributed by atoms with Gasteiger partial charge in [-0.2, -0.15) is 23.0 Å². The number of sulfone groups is 1. The first-order chi connectivity index (χ1) is 18.6. The van der Waals surface area contributed by atoms with Crippen LogP contribution in [0, 0.1) is 11.6 Å². The second kappa shape index (κ2) is 9.53. The molecule has 2 N–H and O–H groups in total. The van der Waals surface area contributed by atoms with Crippen molar-refractivity contribution in [1.82, 2.24) is 20.1 Å².